The first-order chi connectivity index (χ1) is 10.8. The van der Waals surface area contributed by atoms with E-state index in [9.17, 15) is 4.79 Å². The molecule has 1 aliphatic heterocycles. The molecule has 0 spiro atoms. The van der Waals surface area contributed by atoms with Gasteiger partial charge in [0.15, 0.2) is 0 Å². The normalized spacial score (nSPS) is 16.2. The largest absolute Gasteiger partial charge is 0.317 e. The van der Waals surface area contributed by atoms with Crippen molar-refractivity contribution in [2.45, 2.75) is 18.9 Å². The molecule has 1 aliphatic rings. The molecule has 0 aromatic carbocycles. The zero-order valence-corrected chi connectivity index (χ0v) is 13.0. The van der Waals surface area contributed by atoms with Crippen LogP contribution in [0.4, 0.5) is 0 Å². The van der Waals surface area contributed by atoms with Gasteiger partial charge in [-0.15, -0.1) is 11.3 Å². The van der Waals surface area contributed by atoms with Gasteiger partial charge in [0.2, 0.25) is 0 Å². The Kier molecular flexibility index (Phi) is 3.52. The molecule has 0 amide bonds. The predicted octanol–water partition coefficient (Wildman–Crippen LogP) is 3.05. The highest BCUT2D eigenvalue weighted by atomic mass is 32.1. The smallest absolute Gasteiger partial charge is 0.268 e. The number of hydrogen-bond donors (Lipinski definition) is 1. The summed E-state index contributed by atoms with van der Waals surface area (Å²) < 4.78 is 2.75. The topological polar surface area (TPSA) is 46.9 Å². The van der Waals surface area contributed by atoms with Crippen molar-refractivity contribution in [3.63, 3.8) is 0 Å². The predicted molar refractivity (Wildman–Crippen MR) is 90.5 cm³/mol. The van der Waals surface area contributed by atoms with Gasteiger partial charge in [0.25, 0.3) is 5.56 Å². The Bertz CT molecular complexity index is 847. The second-order valence-electron chi connectivity index (χ2n) is 5.62. The first-order valence-electron chi connectivity index (χ1n) is 7.60. The molecule has 3 aromatic heterocycles. The van der Waals surface area contributed by atoms with Crippen LogP contribution in [-0.4, -0.2) is 22.6 Å². The van der Waals surface area contributed by atoms with Gasteiger partial charge in [-0.3, -0.25) is 9.78 Å². The Balaban J connectivity index is 1.80. The Morgan fingerprint density at radius 2 is 2.09 bits per heavy atom. The summed E-state index contributed by atoms with van der Waals surface area (Å²) >= 11 is 1.54. The molecule has 5 heteroatoms. The van der Waals surface area contributed by atoms with Crippen molar-refractivity contribution in [2.24, 2.45) is 0 Å². The molecular formula is C17H17N3OS. The van der Waals surface area contributed by atoms with Crippen LogP contribution in [0.3, 0.4) is 0 Å². The van der Waals surface area contributed by atoms with Crippen LogP contribution >= 0.6 is 11.3 Å². The molecule has 0 aliphatic carbocycles. The van der Waals surface area contributed by atoms with Gasteiger partial charge < -0.3 is 9.88 Å². The highest BCUT2D eigenvalue weighted by molar-refractivity contribution is 7.22. The lowest BCUT2D eigenvalue weighted by atomic mass is 10.1. The van der Waals surface area contributed by atoms with Crippen molar-refractivity contribution in [1.82, 2.24) is 14.9 Å². The maximum atomic E-state index is 12.8. The number of aromatic nitrogens is 2. The van der Waals surface area contributed by atoms with E-state index in [-0.39, 0.29) is 5.56 Å². The van der Waals surface area contributed by atoms with E-state index in [0.717, 1.165) is 46.6 Å². The van der Waals surface area contributed by atoms with Crippen molar-refractivity contribution in [2.75, 3.05) is 13.1 Å². The summed E-state index contributed by atoms with van der Waals surface area (Å²) in [5, 5.41) is 4.36. The lowest BCUT2D eigenvalue weighted by Crippen LogP contribution is -2.33. The van der Waals surface area contributed by atoms with Crippen molar-refractivity contribution < 1.29 is 0 Å². The third-order valence-electron chi connectivity index (χ3n) is 4.22. The van der Waals surface area contributed by atoms with Gasteiger partial charge in [-0.05, 0) is 50.2 Å². The first-order valence-corrected chi connectivity index (χ1v) is 8.41. The van der Waals surface area contributed by atoms with Gasteiger partial charge in [-0.2, -0.15) is 0 Å². The van der Waals surface area contributed by atoms with Crippen LogP contribution in [0.15, 0.2) is 47.5 Å². The fourth-order valence-corrected chi connectivity index (χ4v) is 4.12. The van der Waals surface area contributed by atoms with Gasteiger partial charge in [-0.1, -0.05) is 6.07 Å². The maximum Gasteiger partial charge on any atom is 0.268 e. The summed E-state index contributed by atoms with van der Waals surface area (Å²) in [5.41, 5.74) is 1.06. The monoisotopic (exact) mass is 311 g/mol. The third-order valence-corrected chi connectivity index (χ3v) is 5.39. The minimum atomic E-state index is 0.136. The van der Waals surface area contributed by atoms with Crippen LogP contribution in [0.2, 0.25) is 0 Å². The summed E-state index contributed by atoms with van der Waals surface area (Å²) in [6, 6.07) is 10.3. The minimum absolute atomic E-state index is 0.136. The summed E-state index contributed by atoms with van der Waals surface area (Å²) in [4.78, 5) is 18.2. The highest BCUT2D eigenvalue weighted by Crippen LogP contribution is 2.31. The van der Waals surface area contributed by atoms with E-state index in [1.54, 1.807) is 17.5 Å². The van der Waals surface area contributed by atoms with Gasteiger partial charge >= 0.3 is 0 Å². The highest BCUT2D eigenvalue weighted by Gasteiger charge is 2.18. The molecular weight excluding hydrogens is 294 g/mol. The number of rotatable bonds is 2. The number of pyridine rings is 2. The molecule has 22 heavy (non-hydrogen) atoms. The quantitative estimate of drug-likeness (QED) is 0.791. The van der Waals surface area contributed by atoms with Crippen LogP contribution in [0, 0.1) is 0 Å². The average molecular weight is 311 g/mol. The summed E-state index contributed by atoms with van der Waals surface area (Å²) in [6.07, 6.45) is 5.77. The number of hydrogen-bond acceptors (Lipinski definition) is 4. The molecule has 0 atom stereocenters. The lowest BCUT2D eigenvalue weighted by Gasteiger charge is -2.24. The van der Waals surface area contributed by atoms with E-state index in [2.05, 4.69) is 22.4 Å². The van der Waals surface area contributed by atoms with Crippen LogP contribution in [0.25, 0.3) is 20.7 Å². The average Bonchev–Trinajstić information content (AvgIpc) is 3.02. The van der Waals surface area contributed by atoms with Gasteiger partial charge in [-0.25, -0.2) is 0 Å². The van der Waals surface area contributed by atoms with Crippen LogP contribution in [0.5, 0.6) is 0 Å². The standard InChI is InChI=1S/C17H17N3OS/c21-17-16-12(6-10-20(17)13-4-8-18-9-5-13)11-15(22-16)14-3-1-2-7-19-14/h1-3,6-7,10-11,13,18H,4-5,8-9H2. The Morgan fingerprint density at radius 1 is 1.23 bits per heavy atom. The van der Waals surface area contributed by atoms with E-state index in [0.29, 0.717) is 6.04 Å². The molecule has 1 N–H and O–H groups in total. The second kappa shape index (κ2) is 5.66. The molecule has 1 fully saturated rings. The van der Waals surface area contributed by atoms with E-state index >= 15 is 0 Å². The van der Waals surface area contributed by atoms with E-state index in [1.165, 1.54) is 0 Å². The molecule has 4 rings (SSSR count). The van der Waals surface area contributed by atoms with Crippen molar-refractivity contribution in [3.05, 3.63) is 53.1 Å². The second-order valence-corrected chi connectivity index (χ2v) is 6.67. The molecule has 0 bridgehead atoms. The lowest BCUT2D eigenvalue weighted by molar-refractivity contribution is 0.362. The van der Waals surface area contributed by atoms with Gasteiger partial charge in [0.1, 0.15) is 4.70 Å². The molecule has 0 unspecified atom stereocenters. The fourth-order valence-electron chi connectivity index (χ4n) is 3.05. The number of piperidine rings is 1. The molecule has 112 valence electrons. The zero-order chi connectivity index (χ0) is 14.9. The molecule has 0 saturated carbocycles. The van der Waals surface area contributed by atoms with Crippen LogP contribution in [-0.2, 0) is 0 Å². The van der Waals surface area contributed by atoms with E-state index in [1.807, 2.05) is 29.0 Å². The van der Waals surface area contributed by atoms with Crippen molar-refractivity contribution in [1.29, 1.82) is 0 Å². The van der Waals surface area contributed by atoms with Gasteiger partial charge in [0.05, 0.1) is 10.6 Å². The van der Waals surface area contributed by atoms with Gasteiger partial charge in [0, 0.05) is 23.8 Å². The van der Waals surface area contributed by atoms with Crippen LogP contribution < -0.4 is 10.9 Å². The zero-order valence-electron chi connectivity index (χ0n) is 12.2. The van der Waals surface area contributed by atoms with E-state index < -0.39 is 0 Å². The Labute approximate surface area is 132 Å². The molecule has 4 heterocycles. The number of nitrogens with one attached hydrogen (secondary N) is 1. The third kappa shape index (κ3) is 2.36. The molecule has 1 saturated heterocycles. The Morgan fingerprint density at radius 3 is 2.86 bits per heavy atom. The maximum absolute atomic E-state index is 12.8. The fraction of sp³-hybridized carbons (Fsp3) is 0.294. The minimum Gasteiger partial charge on any atom is -0.317 e. The summed E-state index contributed by atoms with van der Waals surface area (Å²) in [7, 11) is 0. The van der Waals surface area contributed by atoms with Crippen molar-refractivity contribution >= 4 is 21.4 Å². The summed E-state index contributed by atoms with van der Waals surface area (Å²) in [5.74, 6) is 0. The van der Waals surface area contributed by atoms with Crippen molar-refractivity contribution in [3.8, 4) is 10.6 Å². The number of nitrogens with zero attached hydrogens (tertiary/aromatic N) is 2. The molecule has 3 aromatic rings. The molecule has 0 radical (unpaired) electrons. The van der Waals surface area contributed by atoms with E-state index in [4.69, 9.17) is 0 Å². The summed E-state index contributed by atoms with van der Waals surface area (Å²) in [6.45, 7) is 1.97. The first kappa shape index (κ1) is 13.7. The number of fused-ring (bicyclic) bond motifs is 1. The SMILES string of the molecule is O=c1c2sc(-c3ccccn3)cc2ccn1C1CCNCC1. The Hall–Kier alpha value is -1.98. The number of thiophene rings is 1. The van der Waals surface area contributed by atoms with Crippen LogP contribution in [0.1, 0.15) is 18.9 Å². The molecule has 4 nitrogen and oxygen atoms in total.